The summed E-state index contributed by atoms with van der Waals surface area (Å²) < 4.78 is 0. The van der Waals surface area contributed by atoms with Crippen LogP contribution in [0.25, 0.3) is 67.5 Å². The molecule has 4 heteroatoms. The van der Waals surface area contributed by atoms with Crippen LogP contribution in [0.2, 0.25) is 0 Å². The molecule has 8 aromatic carbocycles. The van der Waals surface area contributed by atoms with Crippen molar-refractivity contribution in [2.75, 3.05) is 4.90 Å². The van der Waals surface area contributed by atoms with Gasteiger partial charge in [0.05, 0.1) is 5.69 Å². The molecule has 0 N–H and O–H groups in total. The first-order valence-electron chi connectivity index (χ1n) is 19.0. The van der Waals surface area contributed by atoms with Gasteiger partial charge < -0.3 is 4.90 Å². The lowest BCUT2D eigenvalue weighted by Gasteiger charge is -2.28. The number of hydrogen-bond donors (Lipinski definition) is 0. The van der Waals surface area contributed by atoms with Crippen LogP contribution >= 0.6 is 0 Å². The van der Waals surface area contributed by atoms with Crippen molar-refractivity contribution in [1.29, 1.82) is 0 Å². The molecule has 0 saturated heterocycles. The molecule has 0 fully saturated rings. The Morgan fingerprint density at radius 3 is 1.21 bits per heavy atom. The Bertz CT molecular complexity index is 2640. The molecule has 0 unspecified atom stereocenters. The van der Waals surface area contributed by atoms with Crippen LogP contribution in [0.3, 0.4) is 0 Å². The lowest BCUT2D eigenvalue weighted by Crippen LogP contribution is -2.12. The van der Waals surface area contributed by atoms with Gasteiger partial charge in [0, 0.05) is 34.5 Å². The topological polar surface area (TPSA) is 41.9 Å². The number of anilines is 3. The fourth-order valence-electron chi connectivity index (χ4n) is 7.79. The first-order chi connectivity index (χ1) is 27.7. The van der Waals surface area contributed by atoms with Crippen LogP contribution in [0, 0.1) is 0 Å². The van der Waals surface area contributed by atoms with E-state index in [0.29, 0.717) is 17.5 Å². The molecule has 1 heterocycles. The predicted molar refractivity (Wildman–Crippen MR) is 230 cm³/mol. The zero-order valence-corrected chi connectivity index (χ0v) is 30.6. The van der Waals surface area contributed by atoms with Crippen LogP contribution in [0.5, 0.6) is 0 Å². The second-order valence-corrected chi connectivity index (χ2v) is 14.1. The molecule has 0 spiro atoms. The molecule has 0 atom stereocenters. The van der Waals surface area contributed by atoms with Gasteiger partial charge in [-0.25, -0.2) is 15.0 Å². The molecular weight excluding hydrogens is 681 g/mol. The van der Waals surface area contributed by atoms with Crippen LogP contribution in [-0.2, 0) is 6.42 Å². The van der Waals surface area contributed by atoms with E-state index in [-0.39, 0.29) is 0 Å². The molecule has 1 aromatic heterocycles. The molecule has 1 aliphatic carbocycles. The largest absolute Gasteiger partial charge is 0.310 e. The Kier molecular flexibility index (Phi) is 8.54. The van der Waals surface area contributed by atoms with Gasteiger partial charge >= 0.3 is 0 Å². The first kappa shape index (κ1) is 33.2. The van der Waals surface area contributed by atoms with Gasteiger partial charge in [-0.1, -0.05) is 170 Å². The maximum absolute atomic E-state index is 5.03. The van der Waals surface area contributed by atoms with Crippen LogP contribution in [0.15, 0.2) is 206 Å². The summed E-state index contributed by atoms with van der Waals surface area (Å²) in [5.41, 5.74) is 16.1. The molecule has 0 bridgehead atoms. The Morgan fingerprint density at radius 1 is 0.321 bits per heavy atom. The third kappa shape index (κ3) is 6.33. The zero-order valence-electron chi connectivity index (χ0n) is 30.6. The van der Waals surface area contributed by atoms with Crippen molar-refractivity contribution in [3.05, 3.63) is 217 Å². The lowest BCUT2D eigenvalue weighted by atomic mass is 10.0. The van der Waals surface area contributed by atoms with Gasteiger partial charge in [0.2, 0.25) is 0 Å². The second-order valence-electron chi connectivity index (χ2n) is 14.1. The summed E-state index contributed by atoms with van der Waals surface area (Å²) in [5.74, 6) is 1.98. The maximum Gasteiger partial charge on any atom is 0.164 e. The normalized spacial score (nSPS) is 11.5. The predicted octanol–water partition coefficient (Wildman–Crippen LogP) is 13.2. The highest BCUT2D eigenvalue weighted by molar-refractivity contribution is 5.89. The van der Waals surface area contributed by atoms with Gasteiger partial charge in [-0.05, 0) is 80.9 Å². The van der Waals surface area contributed by atoms with E-state index in [4.69, 9.17) is 15.0 Å². The van der Waals surface area contributed by atoms with E-state index < -0.39 is 0 Å². The van der Waals surface area contributed by atoms with Crippen molar-refractivity contribution in [2.45, 2.75) is 6.42 Å². The molecule has 264 valence electrons. The summed E-state index contributed by atoms with van der Waals surface area (Å²) in [5, 5.41) is 0. The highest BCUT2D eigenvalue weighted by atomic mass is 15.1. The molecule has 0 amide bonds. The number of benzene rings is 8. The summed E-state index contributed by atoms with van der Waals surface area (Å²) in [4.78, 5) is 17.4. The maximum atomic E-state index is 5.03. The van der Waals surface area contributed by atoms with Gasteiger partial charge in [0.1, 0.15) is 0 Å². The van der Waals surface area contributed by atoms with E-state index >= 15 is 0 Å². The summed E-state index contributed by atoms with van der Waals surface area (Å²) in [6.45, 7) is 0. The van der Waals surface area contributed by atoms with E-state index in [9.17, 15) is 0 Å². The standard InChI is InChI=1S/C52H36N4/c1-5-14-36(15-6-1)38-24-29-44(30-25-38)56(45-31-26-39(27-32-45)37-16-7-2-8-17-37)49-23-13-22-47-46-33-28-42(34-43(46)35-48(47)49)52-54-50(40-18-9-3-10-19-40)53-51(55-52)41-20-11-4-12-21-41/h1-34H,35H2. The van der Waals surface area contributed by atoms with Crippen LogP contribution in [0.1, 0.15) is 11.1 Å². The number of fused-ring (bicyclic) bond motifs is 3. The first-order valence-corrected chi connectivity index (χ1v) is 19.0. The SMILES string of the molecule is c1ccc(-c2ccc(N(c3ccc(-c4ccccc4)cc3)c3cccc4c3Cc3cc(-c5nc(-c6ccccc6)nc(-c6ccccc6)n5)ccc3-4)cc2)cc1. The third-order valence-electron chi connectivity index (χ3n) is 10.6. The molecule has 56 heavy (non-hydrogen) atoms. The fourth-order valence-corrected chi connectivity index (χ4v) is 7.79. The van der Waals surface area contributed by atoms with Crippen molar-refractivity contribution < 1.29 is 0 Å². The fraction of sp³-hybridized carbons (Fsp3) is 0.0192. The molecule has 4 nitrogen and oxygen atoms in total. The zero-order chi connectivity index (χ0) is 37.3. The molecule has 0 saturated carbocycles. The molecule has 10 rings (SSSR count). The average molecular weight is 717 g/mol. The van der Waals surface area contributed by atoms with Crippen LogP contribution in [0.4, 0.5) is 17.1 Å². The highest BCUT2D eigenvalue weighted by Crippen LogP contribution is 2.47. The Hall–Kier alpha value is -7.43. The minimum atomic E-state index is 0.660. The Balaban J connectivity index is 1.05. The Morgan fingerprint density at radius 2 is 0.732 bits per heavy atom. The second kappa shape index (κ2) is 14.4. The van der Waals surface area contributed by atoms with E-state index in [1.807, 2.05) is 60.7 Å². The van der Waals surface area contributed by atoms with Crippen molar-refractivity contribution in [3.8, 4) is 67.5 Å². The summed E-state index contributed by atoms with van der Waals surface area (Å²) >= 11 is 0. The molecular formula is C52H36N4. The van der Waals surface area contributed by atoms with Crippen molar-refractivity contribution in [3.63, 3.8) is 0 Å². The number of rotatable bonds is 8. The molecule has 0 aliphatic heterocycles. The van der Waals surface area contributed by atoms with Crippen LogP contribution in [-0.4, -0.2) is 15.0 Å². The number of nitrogens with zero attached hydrogens (tertiary/aromatic N) is 4. The van der Waals surface area contributed by atoms with Gasteiger partial charge in [-0.2, -0.15) is 0 Å². The van der Waals surface area contributed by atoms with Gasteiger partial charge in [-0.3, -0.25) is 0 Å². The monoisotopic (exact) mass is 716 g/mol. The number of aromatic nitrogens is 3. The van der Waals surface area contributed by atoms with Gasteiger partial charge in [0.25, 0.3) is 0 Å². The highest BCUT2D eigenvalue weighted by Gasteiger charge is 2.26. The van der Waals surface area contributed by atoms with Crippen molar-refractivity contribution in [1.82, 2.24) is 15.0 Å². The van der Waals surface area contributed by atoms with Gasteiger partial charge in [0.15, 0.2) is 17.5 Å². The minimum Gasteiger partial charge on any atom is -0.310 e. The van der Waals surface area contributed by atoms with E-state index in [2.05, 4.69) is 150 Å². The van der Waals surface area contributed by atoms with Crippen LogP contribution < -0.4 is 4.90 Å². The third-order valence-corrected chi connectivity index (χ3v) is 10.6. The van der Waals surface area contributed by atoms with E-state index in [1.54, 1.807) is 0 Å². The molecule has 1 aliphatic rings. The van der Waals surface area contributed by atoms with Crippen molar-refractivity contribution in [2.24, 2.45) is 0 Å². The molecule has 9 aromatic rings. The summed E-state index contributed by atoms with van der Waals surface area (Å²) in [6.07, 6.45) is 0.789. The minimum absolute atomic E-state index is 0.660. The van der Waals surface area contributed by atoms with Crippen molar-refractivity contribution >= 4 is 17.1 Å². The number of hydrogen-bond acceptors (Lipinski definition) is 4. The van der Waals surface area contributed by atoms with Gasteiger partial charge in [-0.15, -0.1) is 0 Å². The average Bonchev–Trinajstić information content (AvgIpc) is 3.67. The van der Waals surface area contributed by atoms with E-state index in [1.165, 1.54) is 44.5 Å². The van der Waals surface area contributed by atoms with E-state index in [0.717, 1.165) is 40.2 Å². The Labute approximate surface area is 327 Å². The molecule has 0 radical (unpaired) electrons. The summed E-state index contributed by atoms with van der Waals surface area (Å²) in [6, 6.07) is 72.6. The quantitative estimate of drug-likeness (QED) is 0.157. The smallest absolute Gasteiger partial charge is 0.164 e. The lowest BCUT2D eigenvalue weighted by molar-refractivity contribution is 1.07. The summed E-state index contributed by atoms with van der Waals surface area (Å²) in [7, 11) is 0.